The van der Waals surface area contributed by atoms with Crippen molar-refractivity contribution in [1.82, 2.24) is 14.8 Å². The van der Waals surface area contributed by atoms with Gasteiger partial charge in [-0.25, -0.2) is 4.39 Å². The zero-order valence-electron chi connectivity index (χ0n) is 19.9. The van der Waals surface area contributed by atoms with Crippen molar-refractivity contribution < 1.29 is 18.7 Å². The lowest BCUT2D eigenvalue weighted by Crippen LogP contribution is -2.63. The smallest absolute Gasteiger partial charge is 0.246 e. The van der Waals surface area contributed by atoms with Crippen molar-refractivity contribution in [1.29, 1.82) is 0 Å². The first-order valence-electron chi connectivity index (χ1n) is 12.1. The van der Waals surface area contributed by atoms with Crippen molar-refractivity contribution >= 4 is 22.7 Å². The second kappa shape index (κ2) is 8.82. The number of piperazine rings is 1. The van der Waals surface area contributed by atoms with Gasteiger partial charge in [-0.15, -0.1) is 0 Å². The maximum atomic E-state index is 13.8. The van der Waals surface area contributed by atoms with Gasteiger partial charge in [-0.3, -0.25) is 9.59 Å². The summed E-state index contributed by atoms with van der Waals surface area (Å²) < 4.78 is 18.7. The Kier molecular flexibility index (Phi) is 5.48. The van der Waals surface area contributed by atoms with Crippen LogP contribution >= 0.6 is 0 Å². The summed E-state index contributed by atoms with van der Waals surface area (Å²) in [7, 11) is 1.62. The number of nitrogens with zero attached hydrogens (tertiary/aromatic N) is 2. The van der Waals surface area contributed by atoms with E-state index in [-0.39, 0.29) is 24.2 Å². The minimum atomic E-state index is -0.595. The maximum Gasteiger partial charge on any atom is 0.246 e. The molecule has 2 aliphatic heterocycles. The minimum Gasteiger partial charge on any atom is -0.497 e. The summed E-state index contributed by atoms with van der Waals surface area (Å²) >= 11 is 0. The number of methoxy groups -OCH3 is 1. The van der Waals surface area contributed by atoms with E-state index >= 15 is 0 Å². The lowest BCUT2D eigenvalue weighted by atomic mass is 9.86. The predicted octanol–water partition coefficient (Wildman–Crippen LogP) is 4.24. The number of halogens is 1. The van der Waals surface area contributed by atoms with E-state index in [9.17, 15) is 14.0 Å². The molecule has 182 valence electrons. The molecule has 2 unspecified atom stereocenters. The summed E-state index contributed by atoms with van der Waals surface area (Å²) in [6, 6.07) is 21.0. The quantitative estimate of drug-likeness (QED) is 0.462. The molecule has 0 bridgehead atoms. The van der Waals surface area contributed by atoms with Gasteiger partial charge in [-0.2, -0.15) is 0 Å². The molecule has 0 radical (unpaired) electrons. The number of fused-ring (bicyclic) bond motifs is 4. The Labute approximate surface area is 208 Å². The standard InChI is InChI=1S/C29H26FN3O3/c1-36-21-6-4-5-19(15-21)28-27-23(22-7-2-3-8-24(22)31-27)16-25-29(35)32(17-26(34)33(25)28)14-13-18-9-11-20(30)12-10-18/h2-12,15,25,28,31H,13-14,16-17H2,1H3. The number of carbonyl (C=O) groups excluding carboxylic acids is 2. The number of H-pyrrole nitrogens is 1. The van der Waals surface area contributed by atoms with Crippen LogP contribution in [0.3, 0.4) is 0 Å². The highest BCUT2D eigenvalue weighted by Crippen LogP contribution is 2.43. The Balaban J connectivity index is 1.39. The maximum absolute atomic E-state index is 13.8. The Bertz CT molecular complexity index is 1460. The summed E-state index contributed by atoms with van der Waals surface area (Å²) in [5, 5.41) is 1.07. The monoisotopic (exact) mass is 483 g/mol. The molecular formula is C29H26FN3O3. The Morgan fingerprint density at radius 3 is 2.64 bits per heavy atom. The second-order valence-electron chi connectivity index (χ2n) is 9.40. The third kappa shape index (κ3) is 3.71. The lowest BCUT2D eigenvalue weighted by molar-refractivity contribution is -0.158. The number of ether oxygens (including phenoxy) is 1. The first kappa shape index (κ1) is 22.3. The van der Waals surface area contributed by atoms with Crippen LogP contribution in [0.1, 0.15) is 28.4 Å². The Morgan fingerprint density at radius 1 is 1.03 bits per heavy atom. The normalized spacial score (nSPS) is 19.4. The van der Waals surface area contributed by atoms with Gasteiger partial charge in [0.15, 0.2) is 0 Å². The number of amides is 2. The average molecular weight is 484 g/mol. The van der Waals surface area contributed by atoms with Gasteiger partial charge in [0.05, 0.1) is 19.7 Å². The Morgan fingerprint density at radius 2 is 1.83 bits per heavy atom. The van der Waals surface area contributed by atoms with E-state index in [1.165, 1.54) is 12.1 Å². The molecule has 1 fully saturated rings. The van der Waals surface area contributed by atoms with Crippen molar-refractivity contribution in [3.63, 3.8) is 0 Å². The third-order valence-corrected chi connectivity index (χ3v) is 7.34. The number of nitrogens with one attached hydrogen (secondary N) is 1. The molecule has 2 amide bonds. The van der Waals surface area contributed by atoms with Crippen molar-refractivity contribution in [2.75, 3.05) is 20.2 Å². The van der Waals surface area contributed by atoms with Gasteiger partial charge >= 0.3 is 0 Å². The van der Waals surface area contributed by atoms with Crippen molar-refractivity contribution in [3.8, 4) is 5.75 Å². The fourth-order valence-electron chi connectivity index (χ4n) is 5.59. The van der Waals surface area contributed by atoms with Crippen LogP contribution in [0.5, 0.6) is 5.75 Å². The van der Waals surface area contributed by atoms with Crippen LogP contribution in [-0.4, -0.2) is 52.8 Å². The minimum absolute atomic E-state index is 0.0204. The summed E-state index contributed by atoms with van der Waals surface area (Å²) in [5.41, 5.74) is 4.83. The van der Waals surface area contributed by atoms with E-state index in [0.29, 0.717) is 25.1 Å². The van der Waals surface area contributed by atoms with Gasteiger partial charge in [0.1, 0.15) is 17.6 Å². The molecule has 7 heteroatoms. The molecule has 3 aromatic carbocycles. The van der Waals surface area contributed by atoms with Crippen LogP contribution in [0.25, 0.3) is 10.9 Å². The topological polar surface area (TPSA) is 65.6 Å². The molecule has 1 aromatic heterocycles. The summed E-state index contributed by atoms with van der Waals surface area (Å²) in [5.74, 6) is 0.263. The molecule has 1 N–H and O–H groups in total. The summed E-state index contributed by atoms with van der Waals surface area (Å²) in [4.78, 5) is 34.4. The first-order valence-corrected chi connectivity index (χ1v) is 12.1. The number of hydrogen-bond acceptors (Lipinski definition) is 3. The third-order valence-electron chi connectivity index (χ3n) is 7.34. The number of benzene rings is 3. The molecular weight excluding hydrogens is 457 g/mol. The van der Waals surface area contributed by atoms with Gasteiger partial charge < -0.3 is 19.5 Å². The zero-order chi connectivity index (χ0) is 24.8. The van der Waals surface area contributed by atoms with Gasteiger partial charge in [0.2, 0.25) is 11.8 Å². The molecule has 0 spiro atoms. The molecule has 6 nitrogen and oxygen atoms in total. The fraction of sp³-hybridized carbons (Fsp3) is 0.241. The fourth-order valence-corrected chi connectivity index (χ4v) is 5.59. The van der Waals surface area contributed by atoms with E-state index in [1.807, 2.05) is 42.5 Å². The molecule has 6 rings (SSSR count). The van der Waals surface area contributed by atoms with Crippen LogP contribution in [0.15, 0.2) is 72.8 Å². The van der Waals surface area contributed by atoms with E-state index in [4.69, 9.17) is 4.74 Å². The number of carbonyl (C=O) groups is 2. The predicted molar refractivity (Wildman–Crippen MR) is 134 cm³/mol. The van der Waals surface area contributed by atoms with Crippen LogP contribution in [0.4, 0.5) is 4.39 Å². The van der Waals surface area contributed by atoms with Gasteiger partial charge in [-0.05, 0) is 53.4 Å². The Hall–Kier alpha value is -4.13. The number of aromatic nitrogens is 1. The van der Waals surface area contributed by atoms with Crippen LogP contribution in [0, 0.1) is 5.82 Å². The average Bonchev–Trinajstić information content (AvgIpc) is 3.28. The second-order valence-corrected chi connectivity index (χ2v) is 9.40. The van der Waals surface area contributed by atoms with Crippen LogP contribution in [0.2, 0.25) is 0 Å². The molecule has 3 heterocycles. The summed E-state index contributed by atoms with van der Waals surface area (Å²) in [6.07, 6.45) is 1.01. The first-order chi connectivity index (χ1) is 17.5. The lowest BCUT2D eigenvalue weighted by Gasteiger charge is -2.47. The number of aromatic amines is 1. The highest BCUT2D eigenvalue weighted by atomic mass is 19.1. The molecule has 0 saturated carbocycles. The number of hydrogen-bond donors (Lipinski definition) is 1. The SMILES string of the molecule is COc1cccc(C2c3[nH]c4ccccc4c3CC3C(=O)N(CCc4ccc(F)cc4)CC(=O)N32)c1. The van der Waals surface area contributed by atoms with Crippen molar-refractivity contribution in [2.45, 2.75) is 24.9 Å². The van der Waals surface area contributed by atoms with Gasteiger partial charge in [0, 0.05) is 29.6 Å². The largest absolute Gasteiger partial charge is 0.497 e. The zero-order valence-corrected chi connectivity index (χ0v) is 19.9. The van der Waals surface area contributed by atoms with E-state index in [0.717, 1.165) is 33.3 Å². The van der Waals surface area contributed by atoms with Crippen LogP contribution in [-0.2, 0) is 22.4 Å². The van der Waals surface area contributed by atoms with Crippen molar-refractivity contribution in [2.24, 2.45) is 0 Å². The van der Waals surface area contributed by atoms with Gasteiger partial charge in [-0.1, -0.05) is 42.5 Å². The van der Waals surface area contributed by atoms with Crippen LogP contribution < -0.4 is 4.74 Å². The molecule has 2 aliphatic rings. The van der Waals surface area contributed by atoms with E-state index in [1.54, 1.807) is 29.0 Å². The van der Waals surface area contributed by atoms with E-state index < -0.39 is 12.1 Å². The number of rotatable bonds is 5. The summed E-state index contributed by atoms with van der Waals surface area (Å²) in [6.45, 7) is 0.428. The molecule has 4 aromatic rings. The molecule has 2 atom stereocenters. The number of para-hydroxylation sites is 1. The highest BCUT2D eigenvalue weighted by molar-refractivity contribution is 5.97. The van der Waals surface area contributed by atoms with E-state index in [2.05, 4.69) is 11.1 Å². The van der Waals surface area contributed by atoms with Crippen molar-refractivity contribution in [3.05, 3.63) is 101 Å². The van der Waals surface area contributed by atoms with Gasteiger partial charge in [0.25, 0.3) is 0 Å². The highest BCUT2D eigenvalue weighted by Gasteiger charge is 2.48. The molecule has 0 aliphatic carbocycles. The molecule has 36 heavy (non-hydrogen) atoms. The molecule has 1 saturated heterocycles.